The quantitative estimate of drug-likeness (QED) is 0.771. The Morgan fingerprint density at radius 1 is 1.37 bits per heavy atom. The van der Waals surface area contributed by atoms with E-state index in [-0.39, 0.29) is 5.91 Å². The molecule has 3 rings (SSSR count). The standard InChI is InChI=1S/C14H16N4O/c1-8-13(9(2)18-17-8)16-14(19)11-4-3-10-5-6-15-12(10)7-11/h3-4,7,15H,5-6H2,1-2H3,(H,16,19)(H,17,18). The summed E-state index contributed by atoms with van der Waals surface area (Å²) in [6, 6.07) is 5.79. The van der Waals surface area contributed by atoms with Crippen molar-refractivity contribution in [3.05, 3.63) is 40.7 Å². The van der Waals surface area contributed by atoms with E-state index in [4.69, 9.17) is 0 Å². The van der Waals surface area contributed by atoms with E-state index in [1.54, 1.807) is 0 Å². The maximum Gasteiger partial charge on any atom is 0.255 e. The fourth-order valence-corrected chi connectivity index (χ4v) is 2.35. The Balaban J connectivity index is 1.85. The first-order valence-electron chi connectivity index (χ1n) is 6.35. The number of H-pyrrole nitrogens is 1. The molecule has 1 aromatic heterocycles. The molecule has 2 aromatic rings. The molecule has 0 radical (unpaired) electrons. The second kappa shape index (κ2) is 4.42. The predicted molar refractivity (Wildman–Crippen MR) is 74.7 cm³/mol. The zero-order valence-electron chi connectivity index (χ0n) is 11.0. The number of aryl methyl sites for hydroxylation is 2. The van der Waals surface area contributed by atoms with Crippen molar-refractivity contribution < 1.29 is 4.79 Å². The molecule has 2 heterocycles. The molecule has 0 spiro atoms. The van der Waals surface area contributed by atoms with Gasteiger partial charge in [0.25, 0.3) is 5.91 Å². The van der Waals surface area contributed by atoms with E-state index in [1.807, 2.05) is 32.0 Å². The smallest absolute Gasteiger partial charge is 0.255 e. The summed E-state index contributed by atoms with van der Waals surface area (Å²) in [6.45, 7) is 4.70. The Morgan fingerprint density at radius 2 is 2.21 bits per heavy atom. The van der Waals surface area contributed by atoms with Crippen LogP contribution in [0.1, 0.15) is 27.3 Å². The SMILES string of the molecule is Cc1n[nH]c(C)c1NC(=O)c1ccc2c(c1)NCC2. The molecule has 98 valence electrons. The van der Waals surface area contributed by atoms with E-state index in [1.165, 1.54) is 5.56 Å². The molecule has 5 heteroatoms. The number of nitrogens with one attached hydrogen (secondary N) is 3. The van der Waals surface area contributed by atoms with E-state index in [9.17, 15) is 4.79 Å². The molecule has 0 atom stereocenters. The Bertz CT molecular complexity index is 625. The van der Waals surface area contributed by atoms with Crippen molar-refractivity contribution >= 4 is 17.3 Å². The maximum absolute atomic E-state index is 12.2. The highest BCUT2D eigenvalue weighted by Crippen LogP contribution is 2.24. The van der Waals surface area contributed by atoms with Crippen LogP contribution in [0.2, 0.25) is 0 Å². The van der Waals surface area contributed by atoms with Gasteiger partial charge in [-0.25, -0.2) is 0 Å². The number of fused-ring (bicyclic) bond motifs is 1. The molecule has 0 bridgehead atoms. The third-order valence-corrected chi connectivity index (χ3v) is 3.45. The first-order valence-corrected chi connectivity index (χ1v) is 6.35. The summed E-state index contributed by atoms with van der Waals surface area (Å²) in [7, 11) is 0. The number of rotatable bonds is 2. The third-order valence-electron chi connectivity index (χ3n) is 3.45. The van der Waals surface area contributed by atoms with E-state index < -0.39 is 0 Å². The number of aromatic nitrogens is 2. The van der Waals surface area contributed by atoms with Crippen molar-refractivity contribution in [2.75, 3.05) is 17.2 Å². The molecule has 3 N–H and O–H groups in total. The summed E-state index contributed by atoms with van der Waals surface area (Å²) in [5.74, 6) is -0.107. The molecule has 0 saturated carbocycles. The van der Waals surface area contributed by atoms with Crippen molar-refractivity contribution in [2.24, 2.45) is 0 Å². The van der Waals surface area contributed by atoms with E-state index in [0.717, 1.165) is 35.7 Å². The van der Waals surface area contributed by atoms with Gasteiger partial charge in [0.1, 0.15) is 0 Å². The molecule has 1 aromatic carbocycles. The molecule has 1 aliphatic heterocycles. The average molecular weight is 256 g/mol. The highest BCUT2D eigenvalue weighted by atomic mass is 16.1. The van der Waals surface area contributed by atoms with Crippen molar-refractivity contribution in [1.82, 2.24) is 10.2 Å². The van der Waals surface area contributed by atoms with Gasteiger partial charge in [-0.3, -0.25) is 9.89 Å². The van der Waals surface area contributed by atoms with Gasteiger partial charge in [0.05, 0.1) is 17.1 Å². The Kier molecular flexibility index (Phi) is 2.74. The van der Waals surface area contributed by atoms with Crippen LogP contribution < -0.4 is 10.6 Å². The van der Waals surface area contributed by atoms with Gasteiger partial charge < -0.3 is 10.6 Å². The second-order valence-corrected chi connectivity index (χ2v) is 4.81. The van der Waals surface area contributed by atoms with Gasteiger partial charge >= 0.3 is 0 Å². The zero-order chi connectivity index (χ0) is 13.4. The van der Waals surface area contributed by atoms with Crippen LogP contribution in [-0.2, 0) is 6.42 Å². The number of amides is 1. The lowest BCUT2D eigenvalue weighted by atomic mass is 10.1. The van der Waals surface area contributed by atoms with Crippen LogP contribution in [0, 0.1) is 13.8 Å². The van der Waals surface area contributed by atoms with Gasteiger partial charge in [0.15, 0.2) is 0 Å². The number of hydrogen-bond donors (Lipinski definition) is 3. The van der Waals surface area contributed by atoms with Gasteiger partial charge in [-0.1, -0.05) is 6.07 Å². The molecule has 1 aliphatic rings. The molecular weight excluding hydrogens is 240 g/mol. The monoisotopic (exact) mass is 256 g/mol. The molecule has 1 amide bonds. The number of hydrogen-bond acceptors (Lipinski definition) is 3. The third kappa shape index (κ3) is 2.07. The van der Waals surface area contributed by atoms with Crippen LogP contribution in [-0.4, -0.2) is 22.6 Å². The lowest BCUT2D eigenvalue weighted by molar-refractivity contribution is 0.102. The molecular formula is C14H16N4O. The summed E-state index contributed by atoms with van der Waals surface area (Å²) >= 11 is 0. The van der Waals surface area contributed by atoms with Crippen LogP contribution in [0.25, 0.3) is 0 Å². The van der Waals surface area contributed by atoms with E-state index in [2.05, 4.69) is 20.8 Å². The number of carbonyl (C=O) groups excluding carboxylic acids is 1. The summed E-state index contributed by atoms with van der Waals surface area (Å²) in [6.07, 6.45) is 1.02. The maximum atomic E-state index is 12.2. The highest BCUT2D eigenvalue weighted by molar-refractivity contribution is 6.05. The Hall–Kier alpha value is -2.30. The average Bonchev–Trinajstić information content (AvgIpc) is 2.99. The molecule has 0 fully saturated rings. The minimum Gasteiger partial charge on any atom is -0.384 e. The molecule has 5 nitrogen and oxygen atoms in total. The largest absolute Gasteiger partial charge is 0.384 e. The van der Waals surface area contributed by atoms with Crippen LogP contribution in [0.5, 0.6) is 0 Å². The van der Waals surface area contributed by atoms with Crippen molar-refractivity contribution in [1.29, 1.82) is 0 Å². The number of benzene rings is 1. The normalized spacial score (nSPS) is 12.9. The summed E-state index contributed by atoms with van der Waals surface area (Å²) < 4.78 is 0. The molecule has 19 heavy (non-hydrogen) atoms. The number of anilines is 2. The van der Waals surface area contributed by atoms with Gasteiger partial charge in [0.2, 0.25) is 0 Å². The predicted octanol–water partition coefficient (Wildman–Crippen LogP) is 2.25. The molecule has 0 aliphatic carbocycles. The summed E-state index contributed by atoms with van der Waals surface area (Å²) in [5.41, 5.74) is 5.42. The van der Waals surface area contributed by atoms with E-state index >= 15 is 0 Å². The molecule has 0 saturated heterocycles. The van der Waals surface area contributed by atoms with Crippen LogP contribution in [0.4, 0.5) is 11.4 Å². The fourth-order valence-electron chi connectivity index (χ4n) is 2.35. The number of carbonyl (C=O) groups is 1. The number of aromatic amines is 1. The van der Waals surface area contributed by atoms with Gasteiger partial charge in [-0.2, -0.15) is 5.10 Å². The minimum atomic E-state index is -0.107. The summed E-state index contributed by atoms with van der Waals surface area (Å²) in [4.78, 5) is 12.2. The van der Waals surface area contributed by atoms with Crippen molar-refractivity contribution in [3.8, 4) is 0 Å². The van der Waals surface area contributed by atoms with E-state index in [0.29, 0.717) is 5.56 Å². The second-order valence-electron chi connectivity index (χ2n) is 4.81. The highest BCUT2D eigenvalue weighted by Gasteiger charge is 2.15. The minimum absolute atomic E-state index is 0.107. The fraction of sp³-hybridized carbons (Fsp3) is 0.286. The first kappa shape index (κ1) is 11.8. The zero-order valence-corrected chi connectivity index (χ0v) is 11.0. The van der Waals surface area contributed by atoms with Crippen LogP contribution in [0.3, 0.4) is 0 Å². The topological polar surface area (TPSA) is 69.8 Å². The van der Waals surface area contributed by atoms with Gasteiger partial charge in [0, 0.05) is 17.8 Å². The summed E-state index contributed by atoms with van der Waals surface area (Å²) in [5, 5.41) is 13.1. The van der Waals surface area contributed by atoms with Gasteiger partial charge in [-0.15, -0.1) is 0 Å². The van der Waals surface area contributed by atoms with Crippen LogP contribution >= 0.6 is 0 Å². The Labute approximate surface area is 111 Å². The Morgan fingerprint density at radius 3 is 2.95 bits per heavy atom. The van der Waals surface area contributed by atoms with Gasteiger partial charge in [-0.05, 0) is 38.0 Å². The molecule has 0 unspecified atom stereocenters. The van der Waals surface area contributed by atoms with Crippen LogP contribution in [0.15, 0.2) is 18.2 Å². The van der Waals surface area contributed by atoms with Crippen molar-refractivity contribution in [3.63, 3.8) is 0 Å². The lowest BCUT2D eigenvalue weighted by Gasteiger charge is -2.07. The lowest BCUT2D eigenvalue weighted by Crippen LogP contribution is -2.13. The van der Waals surface area contributed by atoms with Crippen molar-refractivity contribution in [2.45, 2.75) is 20.3 Å². The first-order chi connectivity index (χ1) is 9.15. The number of nitrogens with zero attached hydrogens (tertiary/aromatic N) is 1.